The van der Waals surface area contributed by atoms with E-state index in [2.05, 4.69) is 23.8 Å². The number of carbonyl (C=O) groups is 2. The molecule has 6 nitrogen and oxygen atoms in total. The molecule has 0 bridgehead atoms. The van der Waals surface area contributed by atoms with E-state index in [0.717, 1.165) is 0 Å². The summed E-state index contributed by atoms with van der Waals surface area (Å²) in [4.78, 5) is 21.4. The molecule has 6 heteroatoms. The zero-order valence-electron chi connectivity index (χ0n) is 9.34. The molecule has 16 heavy (non-hydrogen) atoms. The fourth-order valence-corrected chi connectivity index (χ4v) is 0.725. The van der Waals surface area contributed by atoms with Gasteiger partial charge in [0.1, 0.15) is 6.61 Å². The van der Waals surface area contributed by atoms with Crippen molar-refractivity contribution < 1.29 is 14.3 Å². The van der Waals surface area contributed by atoms with Crippen LogP contribution in [-0.4, -0.2) is 31.6 Å². The highest BCUT2D eigenvalue weighted by molar-refractivity contribution is 5.86. The molecule has 0 atom stereocenters. The maximum Gasteiger partial charge on any atom is 0.333 e. The summed E-state index contributed by atoms with van der Waals surface area (Å²) in [6.07, 6.45) is 0. The number of amides is 1. The topological polar surface area (TPSA) is 93.4 Å². The zero-order chi connectivity index (χ0) is 12.6. The second-order valence-electron chi connectivity index (χ2n) is 3.14. The minimum absolute atomic E-state index is 0.0113. The van der Waals surface area contributed by atoms with Gasteiger partial charge in [0.05, 0.1) is 18.9 Å². The molecule has 0 aliphatic carbocycles. The summed E-state index contributed by atoms with van der Waals surface area (Å²) in [5, 5.41) is 5.47. The highest BCUT2D eigenvalue weighted by Crippen LogP contribution is 1.90. The van der Waals surface area contributed by atoms with Gasteiger partial charge in [-0.1, -0.05) is 13.2 Å². The van der Waals surface area contributed by atoms with Crippen molar-refractivity contribution in [3.63, 3.8) is 0 Å². The number of ether oxygens (including phenoxy) is 1. The van der Waals surface area contributed by atoms with Gasteiger partial charge in [0, 0.05) is 5.57 Å². The minimum atomic E-state index is -0.475. The molecule has 0 spiro atoms. The number of hydrogen-bond acceptors (Lipinski definition) is 5. The number of nitrogens with two attached hydrogens (primary N) is 1. The minimum Gasteiger partial charge on any atom is -0.460 e. The number of carbonyl (C=O) groups excluding carboxylic acids is 2. The standard InChI is InChI=1S/C10H17N3O3/c1-7(2)10(15)16-5-4-12-8(3)13-6-9(11)14/h12-13H,1,3-6H2,2H3,(H2,11,14). The third-order valence-corrected chi connectivity index (χ3v) is 1.50. The van der Waals surface area contributed by atoms with Crippen LogP contribution in [-0.2, 0) is 14.3 Å². The van der Waals surface area contributed by atoms with Gasteiger partial charge in [0.2, 0.25) is 5.91 Å². The summed E-state index contributed by atoms with van der Waals surface area (Å²) in [5.74, 6) is -0.459. The van der Waals surface area contributed by atoms with Crippen LogP contribution in [0.1, 0.15) is 6.92 Å². The van der Waals surface area contributed by atoms with E-state index in [0.29, 0.717) is 17.9 Å². The van der Waals surface area contributed by atoms with Crippen LogP contribution in [0, 0.1) is 0 Å². The van der Waals surface area contributed by atoms with E-state index >= 15 is 0 Å². The molecule has 1 amide bonds. The van der Waals surface area contributed by atoms with E-state index < -0.39 is 11.9 Å². The first kappa shape index (κ1) is 14.0. The van der Waals surface area contributed by atoms with Crippen LogP contribution in [0.4, 0.5) is 0 Å². The lowest BCUT2D eigenvalue weighted by atomic mass is 10.4. The normalized spacial score (nSPS) is 9.06. The zero-order valence-corrected chi connectivity index (χ0v) is 9.34. The summed E-state index contributed by atoms with van der Waals surface area (Å²) in [5.41, 5.74) is 5.27. The maximum absolute atomic E-state index is 11.0. The highest BCUT2D eigenvalue weighted by atomic mass is 16.5. The molecule has 0 aliphatic rings. The molecule has 0 aromatic carbocycles. The number of hydrogen-bond donors (Lipinski definition) is 3. The van der Waals surface area contributed by atoms with E-state index in [1.165, 1.54) is 0 Å². The van der Waals surface area contributed by atoms with E-state index in [1.807, 2.05) is 0 Å². The summed E-state index contributed by atoms with van der Waals surface area (Å²) in [7, 11) is 0. The Morgan fingerprint density at radius 3 is 2.44 bits per heavy atom. The Morgan fingerprint density at radius 1 is 1.31 bits per heavy atom. The van der Waals surface area contributed by atoms with Crippen molar-refractivity contribution in [3.05, 3.63) is 24.6 Å². The van der Waals surface area contributed by atoms with Crippen LogP contribution < -0.4 is 16.4 Å². The van der Waals surface area contributed by atoms with Crippen LogP contribution in [0.2, 0.25) is 0 Å². The Labute approximate surface area is 94.5 Å². The first-order chi connectivity index (χ1) is 7.43. The maximum atomic E-state index is 11.0. The van der Waals surface area contributed by atoms with Gasteiger partial charge in [-0.15, -0.1) is 0 Å². The van der Waals surface area contributed by atoms with E-state index in [1.54, 1.807) is 6.92 Å². The van der Waals surface area contributed by atoms with Gasteiger partial charge < -0.3 is 21.1 Å². The third kappa shape index (κ3) is 7.43. The molecule has 0 saturated heterocycles. The van der Waals surface area contributed by atoms with Crippen molar-refractivity contribution in [2.75, 3.05) is 19.7 Å². The molecular weight excluding hydrogens is 210 g/mol. The molecule has 0 heterocycles. The molecule has 0 aromatic rings. The summed E-state index contributed by atoms with van der Waals surface area (Å²) < 4.78 is 4.82. The van der Waals surface area contributed by atoms with Crippen molar-refractivity contribution in [2.24, 2.45) is 5.73 Å². The predicted octanol–water partition coefficient (Wildman–Crippen LogP) is -0.759. The number of primary amides is 1. The highest BCUT2D eigenvalue weighted by Gasteiger charge is 2.02. The number of nitrogens with one attached hydrogen (secondary N) is 2. The van der Waals surface area contributed by atoms with Crippen molar-refractivity contribution in [2.45, 2.75) is 6.92 Å². The van der Waals surface area contributed by atoms with Gasteiger partial charge in [0.25, 0.3) is 0 Å². The summed E-state index contributed by atoms with van der Waals surface area (Å²) in [6, 6.07) is 0. The molecule has 0 aromatic heterocycles. The third-order valence-electron chi connectivity index (χ3n) is 1.50. The van der Waals surface area contributed by atoms with Crippen LogP contribution in [0.3, 0.4) is 0 Å². The Balaban J connectivity index is 3.52. The van der Waals surface area contributed by atoms with Crippen molar-refractivity contribution in [1.82, 2.24) is 10.6 Å². The SMILES string of the molecule is C=C(NCCOC(=O)C(=C)C)NCC(N)=O. The lowest BCUT2D eigenvalue weighted by Crippen LogP contribution is -2.34. The Morgan fingerprint density at radius 2 is 1.94 bits per heavy atom. The number of esters is 1. The number of rotatable bonds is 8. The van der Waals surface area contributed by atoms with E-state index in [4.69, 9.17) is 10.5 Å². The van der Waals surface area contributed by atoms with Crippen LogP contribution >= 0.6 is 0 Å². The van der Waals surface area contributed by atoms with Gasteiger partial charge >= 0.3 is 5.97 Å². The van der Waals surface area contributed by atoms with Crippen molar-refractivity contribution in [3.8, 4) is 0 Å². The second-order valence-corrected chi connectivity index (χ2v) is 3.14. The quantitative estimate of drug-likeness (QED) is 0.288. The lowest BCUT2D eigenvalue weighted by molar-refractivity contribution is -0.138. The average molecular weight is 227 g/mol. The molecule has 0 saturated carbocycles. The Hall–Kier alpha value is -1.98. The van der Waals surface area contributed by atoms with Crippen molar-refractivity contribution >= 4 is 11.9 Å². The van der Waals surface area contributed by atoms with Crippen LogP contribution in [0.5, 0.6) is 0 Å². The van der Waals surface area contributed by atoms with Crippen LogP contribution in [0.25, 0.3) is 0 Å². The fourth-order valence-electron chi connectivity index (χ4n) is 0.725. The molecule has 0 fully saturated rings. The lowest BCUT2D eigenvalue weighted by Gasteiger charge is -2.10. The molecule has 0 unspecified atom stereocenters. The first-order valence-electron chi connectivity index (χ1n) is 4.71. The largest absolute Gasteiger partial charge is 0.460 e. The first-order valence-corrected chi connectivity index (χ1v) is 4.71. The average Bonchev–Trinajstić information content (AvgIpc) is 2.20. The Bertz CT molecular complexity index is 300. The van der Waals surface area contributed by atoms with E-state index in [9.17, 15) is 9.59 Å². The molecule has 0 rings (SSSR count). The fraction of sp³-hybridized carbons (Fsp3) is 0.400. The smallest absolute Gasteiger partial charge is 0.333 e. The van der Waals surface area contributed by atoms with Gasteiger partial charge in [0.15, 0.2) is 0 Å². The van der Waals surface area contributed by atoms with Crippen LogP contribution in [0.15, 0.2) is 24.6 Å². The monoisotopic (exact) mass is 227 g/mol. The molecule has 0 aliphatic heterocycles. The molecule has 4 N–H and O–H groups in total. The second kappa shape index (κ2) is 7.33. The van der Waals surface area contributed by atoms with Gasteiger partial charge in [-0.05, 0) is 6.92 Å². The van der Waals surface area contributed by atoms with Gasteiger partial charge in [-0.25, -0.2) is 4.79 Å². The predicted molar refractivity (Wildman–Crippen MR) is 60.1 cm³/mol. The molecule has 90 valence electrons. The summed E-state index contributed by atoms with van der Waals surface area (Å²) in [6.45, 7) is 9.21. The van der Waals surface area contributed by atoms with Crippen molar-refractivity contribution in [1.29, 1.82) is 0 Å². The summed E-state index contributed by atoms with van der Waals surface area (Å²) >= 11 is 0. The van der Waals surface area contributed by atoms with E-state index in [-0.39, 0.29) is 13.2 Å². The van der Waals surface area contributed by atoms with Gasteiger partial charge in [-0.2, -0.15) is 0 Å². The molecular formula is C10H17N3O3. The molecule has 0 radical (unpaired) electrons. The van der Waals surface area contributed by atoms with Gasteiger partial charge in [-0.3, -0.25) is 4.79 Å². The Kier molecular flexibility index (Phi) is 6.42.